The predicted molar refractivity (Wildman–Crippen MR) is 82.3 cm³/mol. The Labute approximate surface area is 131 Å². The molecule has 2 aromatic heterocycles. The Hall–Kier alpha value is -2.46. The summed E-state index contributed by atoms with van der Waals surface area (Å²) in [6, 6.07) is -0.647. The summed E-state index contributed by atoms with van der Waals surface area (Å²) in [5, 5.41) is 0. The summed E-state index contributed by atoms with van der Waals surface area (Å²) in [7, 11) is 0. The molecule has 2 rings (SSSR count). The van der Waals surface area contributed by atoms with Gasteiger partial charge >= 0.3 is 5.97 Å². The Morgan fingerprint density at radius 1 is 1.43 bits per heavy atom. The fourth-order valence-electron chi connectivity index (χ4n) is 1.80. The fraction of sp³-hybridized carbons (Fsp3) is 0.538. The average molecular weight is 324 g/mol. The van der Waals surface area contributed by atoms with Crippen LogP contribution in [-0.2, 0) is 21.0 Å². The van der Waals surface area contributed by atoms with E-state index in [1.165, 1.54) is 10.9 Å². The van der Waals surface area contributed by atoms with Crippen LogP contribution in [0.2, 0.25) is 0 Å². The summed E-state index contributed by atoms with van der Waals surface area (Å²) < 4.78 is 11.9. The van der Waals surface area contributed by atoms with Gasteiger partial charge in [0.1, 0.15) is 19.4 Å². The fourth-order valence-corrected chi connectivity index (χ4v) is 1.80. The van der Waals surface area contributed by atoms with E-state index < -0.39 is 17.6 Å². The normalized spacial score (nSPS) is 12.7. The number of aromatic amines is 1. The first-order chi connectivity index (χ1) is 10.9. The highest BCUT2D eigenvalue weighted by Gasteiger charge is 2.18. The maximum absolute atomic E-state index is 11.6. The van der Waals surface area contributed by atoms with Gasteiger partial charge in [-0.1, -0.05) is 13.8 Å². The van der Waals surface area contributed by atoms with Gasteiger partial charge in [0.25, 0.3) is 5.56 Å². The Morgan fingerprint density at radius 2 is 2.17 bits per heavy atom. The lowest BCUT2D eigenvalue weighted by Crippen LogP contribution is -2.37. The maximum Gasteiger partial charge on any atom is 0.323 e. The van der Waals surface area contributed by atoms with Crippen LogP contribution in [0.1, 0.15) is 13.8 Å². The van der Waals surface area contributed by atoms with Crippen molar-refractivity contribution in [3.8, 4) is 0 Å². The lowest BCUT2D eigenvalue weighted by molar-refractivity contribution is -0.148. The molecule has 0 aromatic carbocycles. The number of hydrogen-bond acceptors (Lipinski definition) is 8. The first-order valence-electron chi connectivity index (χ1n) is 7.10. The summed E-state index contributed by atoms with van der Waals surface area (Å²) in [5.74, 6) is -0.450. The zero-order valence-corrected chi connectivity index (χ0v) is 13.0. The van der Waals surface area contributed by atoms with Crippen LogP contribution >= 0.6 is 0 Å². The van der Waals surface area contributed by atoms with Crippen LogP contribution in [-0.4, -0.2) is 44.7 Å². The summed E-state index contributed by atoms with van der Waals surface area (Å²) in [4.78, 5) is 33.5. The third kappa shape index (κ3) is 4.05. The number of H-pyrrole nitrogens is 1. The van der Waals surface area contributed by atoms with E-state index in [-0.39, 0.29) is 37.3 Å². The van der Waals surface area contributed by atoms with Crippen LogP contribution < -0.4 is 17.0 Å². The van der Waals surface area contributed by atoms with Crippen molar-refractivity contribution < 1.29 is 14.3 Å². The highest BCUT2D eigenvalue weighted by molar-refractivity contribution is 5.75. The molecule has 0 unspecified atom stereocenters. The number of fused-ring (bicyclic) bond motifs is 1. The number of carbonyl (C=O) groups excluding carboxylic acids is 1. The molecule has 0 saturated carbocycles. The van der Waals surface area contributed by atoms with Gasteiger partial charge in [-0.3, -0.25) is 19.1 Å². The van der Waals surface area contributed by atoms with Gasteiger partial charge in [0.05, 0.1) is 12.9 Å². The topological polar surface area (TPSA) is 151 Å². The van der Waals surface area contributed by atoms with Crippen LogP contribution in [0.25, 0.3) is 11.2 Å². The number of carbonyl (C=O) groups is 1. The number of nitrogens with one attached hydrogen (secondary N) is 1. The molecular formula is C13H20N6O4. The first kappa shape index (κ1) is 16.9. The van der Waals surface area contributed by atoms with Crippen LogP contribution in [0.4, 0.5) is 5.95 Å². The number of anilines is 1. The van der Waals surface area contributed by atoms with E-state index in [1.807, 2.05) is 13.8 Å². The summed E-state index contributed by atoms with van der Waals surface area (Å²) in [6.45, 7) is 4.04. The number of hydrogen-bond donors (Lipinski definition) is 3. The summed E-state index contributed by atoms with van der Waals surface area (Å²) in [5.41, 5.74) is 11.2. The van der Waals surface area contributed by atoms with Crippen LogP contribution in [0, 0.1) is 5.92 Å². The van der Waals surface area contributed by atoms with Crippen LogP contribution in [0.15, 0.2) is 11.1 Å². The van der Waals surface area contributed by atoms with Crippen molar-refractivity contribution in [2.75, 3.05) is 18.9 Å². The molecule has 0 radical (unpaired) electrons. The van der Waals surface area contributed by atoms with Crippen LogP contribution in [0.3, 0.4) is 0 Å². The van der Waals surface area contributed by atoms with Crippen molar-refractivity contribution in [1.82, 2.24) is 19.5 Å². The summed E-state index contributed by atoms with van der Waals surface area (Å²) in [6.07, 6.45) is 1.42. The molecular weight excluding hydrogens is 304 g/mol. The number of nitrogen functional groups attached to an aromatic ring is 1. The smallest absolute Gasteiger partial charge is 0.323 e. The molecule has 10 nitrogen and oxygen atoms in total. The molecule has 0 spiro atoms. The minimum absolute atomic E-state index is 0.000790. The second kappa shape index (κ2) is 7.20. The molecule has 0 bridgehead atoms. The molecule has 0 fully saturated rings. The van der Waals surface area contributed by atoms with E-state index in [1.54, 1.807) is 0 Å². The molecule has 5 N–H and O–H groups in total. The number of esters is 1. The third-order valence-corrected chi connectivity index (χ3v) is 3.19. The van der Waals surface area contributed by atoms with E-state index in [4.69, 9.17) is 20.9 Å². The van der Waals surface area contributed by atoms with Gasteiger partial charge in [-0.25, -0.2) is 4.98 Å². The van der Waals surface area contributed by atoms with E-state index in [9.17, 15) is 9.59 Å². The molecule has 0 aliphatic rings. The van der Waals surface area contributed by atoms with Crippen molar-refractivity contribution >= 4 is 23.1 Å². The number of nitrogens with two attached hydrogens (primary N) is 2. The minimum Gasteiger partial charge on any atom is -0.462 e. The molecule has 10 heteroatoms. The molecule has 0 saturated heterocycles. The number of nitrogens with zero attached hydrogens (tertiary/aromatic N) is 3. The molecule has 2 heterocycles. The van der Waals surface area contributed by atoms with Crippen molar-refractivity contribution in [2.24, 2.45) is 11.7 Å². The van der Waals surface area contributed by atoms with Crippen molar-refractivity contribution in [3.05, 3.63) is 16.7 Å². The standard InChI is InChI=1S/C13H20N6O4/c1-7(2)8(14)12(21)23-4-3-22-6-19-5-16-9-10(19)17-13(15)18-11(9)20/h5,7-8H,3-4,6,14H2,1-2H3,(H3,15,17,18,20)/t8-/m1/s1. The highest BCUT2D eigenvalue weighted by atomic mass is 16.6. The van der Waals surface area contributed by atoms with E-state index in [2.05, 4.69) is 15.0 Å². The molecule has 23 heavy (non-hydrogen) atoms. The van der Waals surface area contributed by atoms with Gasteiger partial charge in [-0.2, -0.15) is 4.98 Å². The summed E-state index contributed by atoms with van der Waals surface area (Å²) >= 11 is 0. The molecule has 0 amide bonds. The van der Waals surface area contributed by atoms with Gasteiger partial charge in [0, 0.05) is 0 Å². The SMILES string of the molecule is CC(C)[C@@H](N)C(=O)OCCOCn1cnc2c(=O)[nH]c(N)nc21. The van der Waals surface area contributed by atoms with E-state index in [0.29, 0.717) is 5.65 Å². The molecule has 0 aliphatic heterocycles. The van der Waals surface area contributed by atoms with Crippen molar-refractivity contribution in [3.63, 3.8) is 0 Å². The van der Waals surface area contributed by atoms with Gasteiger partial charge in [-0.15, -0.1) is 0 Å². The largest absolute Gasteiger partial charge is 0.462 e. The van der Waals surface area contributed by atoms with E-state index in [0.717, 1.165) is 0 Å². The Morgan fingerprint density at radius 3 is 2.87 bits per heavy atom. The first-order valence-corrected chi connectivity index (χ1v) is 7.10. The van der Waals surface area contributed by atoms with Gasteiger partial charge in [-0.05, 0) is 5.92 Å². The third-order valence-electron chi connectivity index (χ3n) is 3.19. The monoisotopic (exact) mass is 324 g/mol. The second-order valence-electron chi connectivity index (χ2n) is 5.31. The number of rotatable bonds is 7. The molecule has 126 valence electrons. The second-order valence-corrected chi connectivity index (χ2v) is 5.31. The Balaban J connectivity index is 1.84. The number of imidazole rings is 1. The Kier molecular flexibility index (Phi) is 5.29. The molecule has 2 aromatic rings. The lowest BCUT2D eigenvalue weighted by Gasteiger charge is -2.14. The average Bonchev–Trinajstić information content (AvgIpc) is 2.89. The predicted octanol–water partition coefficient (Wildman–Crippen LogP) is -0.798. The zero-order valence-electron chi connectivity index (χ0n) is 13.0. The quantitative estimate of drug-likeness (QED) is 0.442. The van der Waals surface area contributed by atoms with Crippen LogP contribution in [0.5, 0.6) is 0 Å². The van der Waals surface area contributed by atoms with Gasteiger partial charge in [0.15, 0.2) is 11.2 Å². The zero-order chi connectivity index (χ0) is 17.0. The lowest BCUT2D eigenvalue weighted by atomic mass is 10.1. The highest BCUT2D eigenvalue weighted by Crippen LogP contribution is 2.06. The van der Waals surface area contributed by atoms with E-state index >= 15 is 0 Å². The number of aromatic nitrogens is 4. The Bertz CT molecular complexity index is 738. The van der Waals surface area contributed by atoms with Crippen molar-refractivity contribution in [1.29, 1.82) is 0 Å². The van der Waals surface area contributed by atoms with Gasteiger partial charge in [0.2, 0.25) is 5.95 Å². The van der Waals surface area contributed by atoms with Crippen molar-refractivity contribution in [2.45, 2.75) is 26.6 Å². The minimum atomic E-state index is -0.647. The van der Waals surface area contributed by atoms with Gasteiger partial charge < -0.3 is 20.9 Å². The molecule has 0 aliphatic carbocycles. The maximum atomic E-state index is 11.6. The molecule has 1 atom stereocenters. The number of ether oxygens (including phenoxy) is 2.